The van der Waals surface area contributed by atoms with Crippen molar-refractivity contribution in [2.24, 2.45) is 0 Å². The molecule has 1 N–H and O–H groups in total. The number of nitro benzene ring substituents is 2. The molecule has 22 heavy (non-hydrogen) atoms. The van der Waals surface area contributed by atoms with Crippen molar-refractivity contribution in [3.63, 3.8) is 0 Å². The Bertz CT molecular complexity index is 604. The van der Waals surface area contributed by atoms with Crippen molar-refractivity contribution in [3.05, 3.63) is 31.9 Å². The summed E-state index contributed by atoms with van der Waals surface area (Å²) in [5.41, 5.74) is -4.33. The lowest BCUT2D eigenvalue weighted by molar-refractivity contribution is -0.393. The quantitative estimate of drug-likeness (QED) is 0.635. The number of nitrogens with zero attached hydrogens (tertiary/aromatic N) is 2. The van der Waals surface area contributed by atoms with Gasteiger partial charge in [0.1, 0.15) is 5.56 Å². The number of nitro groups is 2. The summed E-state index contributed by atoms with van der Waals surface area (Å²) in [6.07, 6.45) is -4.58. The Morgan fingerprint density at radius 3 is 2.23 bits per heavy atom. The van der Waals surface area contributed by atoms with Gasteiger partial charge in [0.25, 0.3) is 5.69 Å². The van der Waals surface area contributed by atoms with Crippen LogP contribution in [0.2, 0.25) is 0 Å². The summed E-state index contributed by atoms with van der Waals surface area (Å²) in [4.78, 5) is 19.8. The minimum Gasteiger partial charge on any atom is -0.490 e. The first-order chi connectivity index (χ1) is 10.1. The van der Waals surface area contributed by atoms with Crippen molar-refractivity contribution < 1.29 is 27.8 Å². The second-order valence-electron chi connectivity index (χ2n) is 4.14. The van der Waals surface area contributed by atoms with Gasteiger partial charge in [0.2, 0.25) is 5.75 Å². The molecule has 0 spiro atoms. The van der Waals surface area contributed by atoms with Gasteiger partial charge in [-0.25, -0.2) is 0 Å². The Morgan fingerprint density at radius 2 is 1.86 bits per heavy atom. The number of rotatable bonds is 6. The largest absolute Gasteiger partial charge is 0.490 e. The first-order valence-corrected chi connectivity index (χ1v) is 5.99. The molecular formula is C11H12F3N3O5. The highest BCUT2D eigenvalue weighted by atomic mass is 19.4. The summed E-state index contributed by atoms with van der Waals surface area (Å²) < 4.78 is 43.4. The van der Waals surface area contributed by atoms with Crippen LogP contribution >= 0.6 is 0 Å². The van der Waals surface area contributed by atoms with E-state index in [-0.39, 0.29) is 12.6 Å². The van der Waals surface area contributed by atoms with Gasteiger partial charge < -0.3 is 10.1 Å². The van der Waals surface area contributed by atoms with Gasteiger partial charge in [0.15, 0.2) is 5.69 Å². The summed E-state index contributed by atoms with van der Waals surface area (Å²) in [6, 6.07) is 0.226. The number of hydrogen-bond acceptors (Lipinski definition) is 6. The third kappa shape index (κ3) is 3.35. The average Bonchev–Trinajstić information content (AvgIpc) is 2.41. The fourth-order valence-corrected chi connectivity index (χ4v) is 1.80. The van der Waals surface area contributed by atoms with Gasteiger partial charge >= 0.3 is 11.9 Å². The summed E-state index contributed by atoms with van der Waals surface area (Å²) >= 11 is 0. The summed E-state index contributed by atoms with van der Waals surface area (Å²) in [5.74, 6) is -1.07. The maximum atomic E-state index is 13.0. The third-order valence-corrected chi connectivity index (χ3v) is 2.67. The van der Waals surface area contributed by atoms with E-state index in [0.29, 0.717) is 6.42 Å². The average molecular weight is 323 g/mol. The molecule has 1 aromatic carbocycles. The van der Waals surface area contributed by atoms with Gasteiger partial charge in [-0.15, -0.1) is 0 Å². The van der Waals surface area contributed by atoms with Crippen LogP contribution in [0.15, 0.2) is 6.07 Å². The van der Waals surface area contributed by atoms with Crippen LogP contribution < -0.4 is 10.1 Å². The van der Waals surface area contributed by atoms with Crippen LogP contribution in [0.25, 0.3) is 0 Å². The molecule has 1 aromatic rings. The topological polar surface area (TPSA) is 108 Å². The van der Waals surface area contributed by atoms with E-state index < -0.39 is 44.4 Å². The standard InChI is InChI=1S/C11H12F3N3O5/c1-3-4-15-8-7(16(18)19)5-6(11(12,13)14)10(22-2)9(8)17(20)21/h5,15H,3-4H2,1-2H3. The first-order valence-electron chi connectivity index (χ1n) is 5.99. The smallest absolute Gasteiger partial charge is 0.420 e. The zero-order valence-corrected chi connectivity index (χ0v) is 11.6. The van der Waals surface area contributed by atoms with E-state index in [1.165, 1.54) is 0 Å². The molecule has 0 radical (unpaired) electrons. The number of methoxy groups -OCH3 is 1. The molecule has 1 rings (SSSR count). The van der Waals surface area contributed by atoms with Crippen molar-refractivity contribution in [1.82, 2.24) is 0 Å². The van der Waals surface area contributed by atoms with Crippen molar-refractivity contribution in [3.8, 4) is 5.75 Å². The Morgan fingerprint density at radius 1 is 1.27 bits per heavy atom. The number of alkyl halides is 3. The van der Waals surface area contributed by atoms with Crippen LogP contribution in [-0.4, -0.2) is 23.5 Å². The molecule has 122 valence electrons. The van der Waals surface area contributed by atoms with Gasteiger partial charge in [-0.2, -0.15) is 13.2 Å². The fraction of sp³-hybridized carbons (Fsp3) is 0.455. The molecule has 0 bridgehead atoms. The van der Waals surface area contributed by atoms with Gasteiger partial charge in [0.05, 0.1) is 17.0 Å². The maximum Gasteiger partial charge on any atom is 0.420 e. The molecule has 0 amide bonds. The SMILES string of the molecule is CCCNc1c([N+](=O)[O-])cc(C(F)(F)F)c(OC)c1[N+](=O)[O-]. The molecular weight excluding hydrogens is 311 g/mol. The van der Waals surface area contributed by atoms with E-state index in [1.807, 2.05) is 0 Å². The lowest BCUT2D eigenvalue weighted by Gasteiger charge is -2.15. The molecule has 0 aliphatic heterocycles. The molecule has 0 atom stereocenters. The van der Waals surface area contributed by atoms with Crippen LogP contribution in [0, 0.1) is 20.2 Å². The monoisotopic (exact) mass is 323 g/mol. The molecule has 0 aromatic heterocycles. The predicted molar refractivity (Wildman–Crippen MR) is 70.1 cm³/mol. The number of hydrogen-bond donors (Lipinski definition) is 1. The van der Waals surface area contributed by atoms with E-state index in [1.54, 1.807) is 6.92 Å². The Labute approximate surface area is 122 Å². The van der Waals surface area contributed by atoms with Gasteiger partial charge in [-0.3, -0.25) is 20.2 Å². The second kappa shape index (κ2) is 6.45. The van der Waals surface area contributed by atoms with Crippen molar-refractivity contribution in [1.29, 1.82) is 0 Å². The van der Waals surface area contributed by atoms with Gasteiger partial charge in [0, 0.05) is 12.6 Å². The molecule has 0 saturated heterocycles. The minimum atomic E-state index is -5.04. The van der Waals surface area contributed by atoms with Crippen LogP contribution in [0.5, 0.6) is 5.75 Å². The molecule has 0 fully saturated rings. The highest BCUT2D eigenvalue weighted by Crippen LogP contribution is 2.49. The van der Waals surface area contributed by atoms with E-state index in [9.17, 15) is 33.4 Å². The van der Waals surface area contributed by atoms with Gasteiger partial charge in [-0.1, -0.05) is 6.92 Å². The molecule has 8 nitrogen and oxygen atoms in total. The summed E-state index contributed by atoms with van der Waals surface area (Å²) in [7, 11) is 0.826. The summed E-state index contributed by atoms with van der Waals surface area (Å²) in [6.45, 7) is 1.79. The van der Waals surface area contributed by atoms with E-state index >= 15 is 0 Å². The normalized spacial score (nSPS) is 11.1. The van der Waals surface area contributed by atoms with Crippen LogP contribution in [0.3, 0.4) is 0 Å². The molecule has 11 heteroatoms. The zero-order chi connectivity index (χ0) is 17.1. The van der Waals surface area contributed by atoms with Crippen LogP contribution in [-0.2, 0) is 6.18 Å². The molecule has 0 aliphatic carbocycles. The highest BCUT2D eigenvalue weighted by Gasteiger charge is 2.43. The van der Waals surface area contributed by atoms with Crippen molar-refractivity contribution in [2.75, 3.05) is 19.0 Å². The molecule has 0 unspecified atom stereocenters. The number of anilines is 1. The number of nitrogens with one attached hydrogen (secondary N) is 1. The molecule has 0 heterocycles. The number of ether oxygens (including phenoxy) is 1. The lowest BCUT2D eigenvalue weighted by atomic mass is 10.1. The maximum absolute atomic E-state index is 13.0. The van der Waals surface area contributed by atoms with E-state index in [2.05, 4.69) is 10.1 Å². The van der Waals surface area contributed by atoms with Crippen molar-refractivity contribution in [2.45, 2.75) is 19.5 Å². The van der Waals surface area contributed by atoms with E-state index in [0.717, 1.165) is 7.11 Å². The minimum absolute atomic E-state index is 0.107. The highest BCUT2D eigenvalue weighted by molar-refractivity contribution is 5.80. The Kier molecular flexibility index (Phi) is 5.12. The molecule has 0 aliphatic rings. The fourth-order valence-electron chi connectivity index (χ4n) is 1.80. The van der Waals surface area contributed by atoms with Crippen molar-refractivity contribution >= 4 is 17.1 Å². The van der Waals surface area contributed by atoms with Gasteiger partial charge in [-0.05, 0) is 6.42 Å². The Hall–Kier alpha value is -2.59. The summed E-state index contributed by atoms with van der Waals surface area (Å²) in [5, 5.41) is 24.5. The first kappa shape index (κ1) is 17.5. The van der Waals surface area contributed by atoms with Crippen LogP contribution in [0.1, 0.15) is 18.9 Å². The predicted octanol–water partition coefficient (Wildman–Crippen LogP) is 3.35. The lowest BCUT2D eigenvalue weighted by Crippen LogP contribution is -2.13. The Balaban J connectivity index is 3.81. The zero-order valence-electron chi connectivity index (χ0n) is 11.6. The van der Waals surface area contributed by atoms with Crippen LogP contribution in [0.4, 0.5) is 30.2 Å². The number of halogens is 3. The van der Waals surface area contributed by atoms with E-state index in [4.69, 9.17) is 0 Å². The third-order valence-electron chi connectivity index (χ3n) is 2.67. The second-order valence-corrected chi connectivity index (χ2v) is 4.14. The number of benzene rings is 1. The molecule has 0 saturated carbocycles.